The fourth-order valence-electron chi connectivity index (χ4n) is 2.65. The third-order valence-corrected chi connectivity index (χ3v) is 3.82. The fourth-order valence-corrected chi connectivity index (χ4v) is 2.65. The molecule has 0 aliphatic heterocycles. The van der Waals surface area contributed by atoms with E-state index >= 15 is 0 Å². The number of carbonyl (C=O) groups is 1. The number of aliphatic hydroxyl groups is 1. The SMILES string of the molecule is CN(C(=O)c1cccc([N+](=O)[O-])c1)[C@H]1CCCC[C@@H]1O. The molecule has 1 aliphatic rings. The Bertz CT molecular complexity index is 518. The zero-order valence-corrected chi connectivity index (χ0v) is 11.4. The van der Waals surface area contributed by atoms with Crippen molar-refractivity contribution in [3.63, 3.8) is 0 Å². The molecule has 0 spiro atoms. The van der Waals surface area contributed by atoms with Crippen LogP contribution in [-0.4, -0.2) is 40.0 Å². The molecular formula is C14H18N2O4. The molecule has 1 amide bonds. The minimum absolute atomic E-state index is 0.103. The molecule has 0 unspecified atom stereocenters. The van der Waals surface area contributed by atoms with Gasteiger partial charge < -0.3 is 10.0 Å². The molecule has 0 saturated heterocycles. The Morgan fingerprint density at radius 3 is 2.75 bits per heavy atom. The molecule has 1 saturated carbocycles. The highest BCUT2D eigenvalue weighted by molar-refractivity contribution is 5.94. The quantitative estimate of drug-likeness (QED) is 0.676. The highest BCUT2D eigenvalue weighted by atomic mass is 16.6. The van der Waals surface area contributed by atoms with E-state index in [1.807, 2.05) is 0 Å². The second kappa shape index (κ2) is 6.00. The summed E-state index contributed by atoms with van der Waals surface area (Å²) in [6.45, 7) is 0. The fraction of sp³-hybridized carbons (Fsp3) is 0.500. The van der Waals surface area contributed by atoms with Crippen molar-refractivity contribution in [1.82, 2.24) is 4.90 Å². The molecule has 1 aromatic rings. The molecule has 1 N–H and O–H groups in total. The molecule has 1 fully saturated rings. The van der Waals surface area contributed by atoms with Crippen molar-refractivity contribution in [1.29, 1.82) is 0 Å². The lowest BCUT2D eigenvalue weighted by molar-refractivity contribution is -0.384. The van der Waals surface area contributed by atoms with Crippen LogP contribution in [0.5, 0.6) is 0 Å². The van der Waals surface area contributed by atoms with Crippen molar-refractivity contribution in [2.75, 3.05) is 7.05 Å². The van der Waals surface area contributed by atoms with E-state index in [0.717, 1.165) is 19.3 Å². The Hall–Kier alpha value is -1.95. The number of amides is 1. The standard InChI is InChI=1S/C14H18N2O4/c1-15(12-7-2-3-8-13(12)17)14(18)10-5-4-6-11(9-10)16(19)20/h4-6,9,12-13,17H,2-3,7-8H2,1H3/t12-,13-/m0/s1. The van der Waals surface area contributed by atoms with Crippen molar-refractivity contribution in [2.24, 2.45) is 0 Å². The highest BCUT2D eigenvalue weighted by Crippen LogP contribution is 2.24. The number of hydrogen-bond acceptors (Lipinski definition) is 4. The first-order chi connectivity index (χ1) is 9.50. The maximum Gasteiger partial charge on any atom is 0.270 e. The number of rotatable bonds is 3. The van der Waals surface area contributed by atoms with Gasteiger partial charge in [0, 0.05) is 24.7 Å². The third-order valence-electron chi connectivity index (χ3n) is 3.82. The van der Waals surface area contributed by atoms with Gasteiger partial charge in [-0.15, -0.1) is 0 Å². The zero-order valence-electron chi connectivity index (χ0n) is 11.4. The molecule has 6 heteroatoms. The van der Waals surface area contributed by atoms with Crippen LogP contribution in [0.2, 0.25) is 0 Å². The maximum absolute atomic E-state index is 12.4. The second-order valence-corrected chi connectivity index (χ2v) is 5.14. The second-order valence-electron chi connectivity index (χ2n) is 5.14. The van der Waals surface area contributed by atoms with Crippen LogP contribution in [0.25, 0.3) is 0 Å². The minimum Gasteiger partial charge on any atom is -0.391 e. The average molecular weight is 278 g/mol. The van der Waals surface area contributed by atoms with E-state index in [4.69, 9.17) is 0 Å². The van der Waals surface area contributed by atoms with Crippen LogP contribution in [0.1, 0.15) is 36.0 Å². The Kier molecular flexibility index (Phi) is 4.34. The van der Waals surface area contributed by atoms with Crippen molar-refractivity contribution in [3.8, 4) is 0 Å². The molecule has 1 aliphatic carbocycles. The molecule has 0 radical (unpaired) electrons. The van der Waals surface area contributed by atoms with Crippen molar-refractivity contribution < 1.29 is 14.8 Å². The van der Waals surface area contributed by atoms with Gasteiger partial charge in [-0.25, -0.2) is 0 Å². The van der Waals surface area contributed by atoms with Gasteiger partial charge in [0.05, 0.1) is 17.1 Å². The van der Waals surface area contributed by atoms with E-state index in [0.29, 0.717) is 6.42 Å². The molecule has 0 heterocycles. The number of likely N-dealkylation sites (N-methyl/N-ethyl adjacent to an activating group) is 1. The third kappa shape index (κ3) is 2.96. The van der Waals surface area contributed by atoms with Gasteiger partial charge in [0.25, 0.3) is 11.6 Å². The van der Waals surface area contributed by atoms with Gasteiger partial charge in [-0.1, -0.05) is 18.9 Å². The summed E-state index contributed by atoms with van der Waals surface area (Å²) in [5, 5.41) is 20.7. The zero-order chi connectivity index (χ0) is 14.7. The molecule has 2 rings (SSSR count). The van der Waals surface area contributed by atoms with E-state index in [2.05, 4.69) is 0 Å². The number of nitrogens with zero attached hydrogens (tertiary/aromatic N) is 2. The van der Waals surface area contributed by atoms with Gasteiger partial charge in [-0.3, -0.25) is 14.9 Å². The smallest absolute Gasteiger partial charge is 0.270 e. The predicted octanol–water partition coefficient (Wildman–Crippen LogP) is 1.97. The van der Waals surface area contributed by atoms with Crippen LogP contribution in [0, 0.1) is 10.1 Å². The molecule has 108 valence electrons. The Labute approximate surface area is 117 Å². The Balaban J connectivity index is 2.17. The number of hydrogen-bond donors (Lipinski definition) is 1. The van der Waals surface area contributed by atoms with Crippen LogP contribution in [0.3, 0.4) is 0 Å². The number of benzene rings is 1. The maximum atomic E-state index is 12.4. The van der Waals surface area contributed by atoms with E-state index < -0.39 is 11.0 Å². The Morgan fingerprint density at radius 2 is 2.10 bits per heavy atom. The summed E-state index contributed by atoms with van der Waals surface area (Å²) >= 11 is 0. The van der Waals surface area contributed by atoms with Gasteiger partial charge in [-0.05, 0) is 18.9 Å². The molecular weight excluding hydrogens is 260 g/mol. The minimum atomic E-state index is -0.522. The largest absolute Gasteiger partial charge is 0.391 e. The van der Waals surface area contributed by atoms with Crippen LogP contribution < -0.4 is 0 Å². The topological polar surface area (TPSA) is 83.7 Å². The number of nitro groups is 1. The predicted molar refractivity (Wildman–Crippen MR) is 73.5 cm³/mol. The van der Waals surface area contributed by atoms with Gasteiger partial charge in [0.2, 0.25) is 0 Å². The summed E-state index contributed by atoms with van der Waals surface area (Å²) in [6.07, 6.45) is 2.89. The lowest BCUT2D eigenvalue weighted by atomic mass is 9.91. The molecule has 6 nitrogen and oxygen atoms in total. The molecule has 1 aromatic carbocycles. The first-order valence-electron chi connectivity index (χ1n) is 6.70. The molecule has 2 atom stereocenters. The first kappa shape index (κ1) is 14.5. The Morgan fingerprint density at radius 1 is 1.40 bits per heavy atom. The lowest BCUT2D eigenvalue weighted by Gasteiger charge is -2.35. The number of carbonyl (C=O) groups excluding carboxylic acids is 1. The van der Waals surface area contributed by atoms with Crippen LogP contribution in [0.4, 0.5) is 5.69 Å². The molecule has 20 heavy (non-hydrogen) atoms. The van der Waals surface area contributed by atoms with E-state index in [9.17, 15) is 20.0 Å². The lowest BCUT2D eigenvalue weighted by Crippen LogP contribution is -2.46. The number of non-ortho nitro benzene ring substituents is 1. The summed E-state index contributed by atoms with van der Waals surface area (Å²) in [7, 11) is 1.64. The van der Waals surface area contributed by atoms with Gasteiger partial charge in [-0.2, -0.15) is 0 Å². The normalized spacial score (nSPS) is 22.3. The van der Waals surface area contributed by atoms with Gasteiger partial charge in [0.1, 0.15) is 0 Å². The van der Waals surface area contributed by atoms with Crippen molar-refractivity contribution in [2.45, 2.75) is 37.8 Å². The first-order valence-corrected chi connectivity index (χ1v) is 6.70. The van der Waals surface area contributed by atoms with Crippen LogP contribution >= 0.6 is 0 Å². The monoisotopic (exact) mass is 278 g/mol. The summed E-state index contributed by atoms with van der Waals surface area (Å²) < 4.78 is 0. The number of nitro benzene ring substituents is 1. The van der Waals surface area contributed by atoms with Gasteiger partial charge >= 0.3 is 0 Å². The van der Waals surface area contributed by atoms with Crippen LogP contribution in [0.15, 0.2) is 24.3 Å². The van der Waals surface area contributed by atoms with E-state index in [1.54, 1.807) is 13.1 Å². The van der Waals surface area contributed by atoms with Gasteiger partial charge in [0.15, 0.2) is 0 Å². The summed E-state index contributed by atoms with van der Waals surface area (Å²) in [5.74, 6) is -0.292. The van der Waals surface area contributed by atoms with Crippen molar-refractivity contribution >= 4 is 11.6 Å². The number of aliphatic hydroxyl groups excluding tert-OH is 1. The average Bonchev–Trinajstić information content (AvgIpc) is 2.46. The summed E-state index contributed by atoms with van der Waals surface area (Å²) in [4.78, 5) is 24.1. The summed E-state index contributed by atoms with van der Waals surface area (Å²) in [5.41, 5.74) is 0.174. The van der Waals surface area contributed by atoms with E-state index in [-0.39, 0.29) is 23.2 Å². The van der Waals surface area contributed by atoms with Crippen LogP contribution in [-0.2, 0) is 0 Å². The van der Waals surface area contributed by atoms with E-state index in [1.165, 1.54) is 23.1 Å². The highest BCUT2D eigenvalue weighted by Gasteiger charge is 2.30. The van der Waals surface area contributed by atoms with Crippen molar-refractivity contribution in [3.05, 3.63) is 39.9 Å². The molecule has 0 bridgehead atoms. The summed E-state index contributed by atoms with van der Waals surface area (Å²) in [6, 6.07) is 5.47. The molecule has 0 aromatic heterocycles.